The summed E-state index contributed by atoms with van der Waals surface area (Å²) in [4.78, 5) is 11.5. The number of unbranched alkanes of at least 4 members (excludes halogenated alkanes) is 5. The summed E-state index contributed by atoms with van der Waals surface area (Å²) >= 11 is 0. The van der Waals surface area contributed by atoms with Crippen LogP contribution in [0.4, 0.5) is 5.69 Å². The Balaban J connectivity index is 1.72. The molecule has 4 nitrogen and oxygen atoms in total. The van der Waals surface area contributed by atoms with Crippen molar-refractivity contribution in [1.29, 1.82) is 0 Å². The van der Waals surface area contributed by atoms with Gasteiger partial charge in [0.05, 0.1) is 6.61 Å². The summed E-state index contributed by atoms with van der Waals surface area (Å²) in [6, 6.07) is 5.07. The number of nitrogens with two attached hydrogens (primary N) is 1. The monoisotopic (exact) mass is 276 g/mol. The Kier molecular flexibility index (Phi) is 5.41. The SMILES string of the molecule is CCCCCCCCOc1ccc2c(c1)NC(=O)C2N. The first-order chi connectivity index (χ1) is 9.72. The number of carbonyl (C=O) groups excluding carboxylic acids is 1. The number of carbonyl (C=O) groups is 1. The molecule has 4 heteroatoms. The van der Waals surface area contributed by atoms with Gasteiger partial charge in [0.2, 0.25) is 5.91 Å². The minimum atomic E-state index is -0.544. The molecule has 110 valence electrons. The molecule has 1 unspecified atom stereocenters. The fraction of sp³-hybridized carbons (Fsp3) is 0.562. The van der Waals surface area contributed by atoms with Crippen molar-refractivity contribution in [3.05, 3.63) is 23.8 Å². The Hall–Kier alpha value is -1.55. The highest BCUT2D eigenvalue weighted by molar-refractivity contribution is 6.02. The quantitative estimate of drug-likeness (QED) is 0.715. The van der Waals surface area contributed by atoms with E-state index < -0.39 is 6.04 Å². The number of hydrogen-bond acceptors (Lipinski definition) is 3. The zero-order chi connectivity index (χ0) is 14.4. The number of rotatable bonds is 8. The molecule has 0 spiro atoms. The fourth-order valence-electron chi connectivity index (χ4n) is 2.43. The van der Waals surface area contributed by atoms with Gasteiger partial charge in [0.25, 0.3) is 0 Å². The summed E-state index contributed by atoms with van der Waals surface area (Å²) in [7, 11) is 0. The lowest BCUT2D eigenvalue weighted by Gasteiger charge is -2.08. The van der Waals surface area contributed by atoms with Crippen molar-refractivity contribution in [3.8, 4) is 5.75 Å². The summed E-state index contributed by atoms with van der Waals surface area (Å²) in [5.41, 5.74) is 7.40. The number of benzene rings is 1. The number of nitrogens with one attached hydrogen (secondary N) is 1. The van der Waals surface area contributed by atoms with Gasteiger partial charge in [-0.2, -0.15) is 0 Å². The van der Waals surface area contributed by atoms with Crippen molar-refractivity contribution >= 4 is 11.6 Å². The molecule has 1 aromatic rings. The minimum absolute atomic E-state index is 0.145. The van der Waals surface area contributed by atoms with E-state index >= 15 is 0 Å². The molecule has 1 atom stereocenters. The van der Waals surface area contributed by atoms with Crippen LogP contribution in [-0.4, -0.2) is 12.5 Å². The van der Waals surface area contributed by atoms with Crippen LogP contribution < -0.4 is 15.8 Å². The molecule has 1 aliphatic rings. The van der Waals surface area contributed by atoms with Crippen molar-refractivity contribution in [2.45, 2.75) is 51.5 Å². The van der Waals surface area contributed by atoms with Crippen LogP contribution in [0.1, 0.15) is 57.1 Å². The minimum Gasteiger partial charge on any atom is -0.494 e. The van der Waals surface area contributed by atoms with Crippen LogP contribution in [0.3, 0.4) is 0 Å². The van der Waals surface area contributed by atoms with Crippen LogP contribution in [0.25, 0.3) is 0 Å². The van der Waals surface area contributed by atoms with Gasteiger partial charge in [0, 0.05) is 17.3 Å². The second-order valence-electron chi connectivity index (χ2n) is 5.33. The molecular weight excluding hydrogens is 252 g/mol. The summed E-state index contributed by atoms with van der Waals surface area (Å²) in [6.45, 7) is 2.95. The molecule has 1 heterocycles. The van der Waals surface area contributed by atoms with E-state index in [0.29, 0.717) is 0 Å². The number of hydrogen-bond donors (Lipinski definition) is 2. The van der Waals surface area contributed by atoms with Gasteiger partial charge in [-0.05, 0) is 12.5 Å². The molecular formula is C16H24N2O2. The van der Waals surface area contributed by atoms with E-state index in [4.69, 9.17) is 10.5 Å². The average molecular weight is 276 g/mol. The van der Waals surface area contributed by atoms with Crippen molar-refractivity contribution in [2.75, 3.05) is 11.9 Å². The van der Waals surface area contributed by atoms with Gasteiger partial charge in [-0.25, -0.2) is 0 Å². The molecule has 20 heavy (non-hydrogen) atoms. The van der Waals surface area contributed by atoms with E-state index in [0.717, 1.165) is 30.0 Å². The van der Waals surface area contributed by atoms with Crippen LogP contribution >= 0.6 is 0 Å². The molecule has 2 rings (SSSR count). The van der Waals surface area contributed by atoms with E-state index in [1.54, 1.807) is 0 Å². The van der Waals surface area contributed by atoms with E-state index in [2.05, 4.69) is 12.2 Å². The Morgan fingerprint density at radius 2 is 1.95 bits per heavy atom. The van der Waals surface area contributed by atoms with Gasteiger partial charge in [-0.15, -0.1) is 0 Å². The van der Waals surface area contributed by atoms with Crippen LogP contribution in [0.15, 0.2) is 18.2 Å². The predicted octanol–water partition coefficient (Wildman–Crippen LogP) is 3.38. The molecule has 0 fully saturated rings. The first-order valence-electron chi connectivity index (χ1n) is 7.55. The Morgan fingerprint density at radius 1 is 1.20 bits per heavy atom. The zero-order valence-electron chi connectivity index (χ0n) is 12.2. The molecule has 0 saturated carbocycles. The summed E-state index contributed by atoms with van der Waals surface area (Å²) in [6.07, 6.45) is 7.50. The van der Waals surface area contributed by atoms with Gasteiger partial charge >= 0.3 is 0 Å². The predicted molar refractivity (Wildman–Crippen MR) is 80.9 cm³/mol. The van der Waals surface area contributed by atoms with Gasteiger partial charge in [-0.3, -0.25) is 4.79 Å². The van der Waals surface area contributed by atoms with Gasteiger partial charge < -0.3 is 15.8 Å². The van der Waals surface area contributed by atoms with Crippen LogP contribution in [-0.2, 0) is 4.79 Å². The Morgan fingerprint density at radius 3 is 2.75 bits per heavy atom. The Labute approximate surface area is 120 Å². The molecule has 1 aromatic carbocycles. The summed E-state index contributed by atoms with van der Waals surface area (Å²) in [5.74, 6) is 0.653. The number of fused-ring (bicyclic) bond motifs is 1. The lowest BCUT2D eigenvalue weighted by Crippen LogP contribution is -2.19. The first-order valence-corrected chi connectivity index (χ1v) is 7.55. The number of ether oxygens (including phenoxy) is 1. The molecule has 0 aliphatic carbocycles. The summed E-state index contributed by atoms with van der Waals surface area (Å²) < 4.78 is 5.72. The van der Waals surface area contributed by atoms with Crippen molar-refractivity contribution < 1.29 is 9.53 Å². The lowest BCUT2D eigenvalue weighted by atomic mass is 10.1. The smallest absolute Gasteiger partial charge is 0.245 e. The number of amides is 1. The van der Waals surface area contributed by atoms with E-state index in [-0.39, 0.29) is 5.91 Å². The maximum absolute atomic E-state index is 11.5. The third-order valence-electron chi connectivity index (χ3n) is 3.67. The topological polar surface area (TPSA) is 64.3 Å². The largest absolute Gasteiger partial charge is 0.494 e. The van der Waals surface area contributed by atoms with E-state index in [9.17, 15) is 4.79 Å². The first kappa shape index (κ1) is 14.9. The Bertz CT molecular complexity index is 460. The maximum Gasteiger partial charge on any atom is 0.245 e. The van der Waals surface area contributed by atoms with E-state index in [1.165, 1.54) is 32.1 Å². The van der Waals surface area contributed by atoms with Crippen molar-refractivity contribution in [1.82, 2.24) is 0 Å². The fourth-order valence-corrected chi connectivity index (χ4v) is 2.43. The van der Waals surface area contributed by atoms with Crippen molar-refractivity contribution in [2.24, 2.45) is 5.73 Å². The van der Waals surface area contributed by atoms with Crippen molar-refractivity contribution in [3.63, 3.8) is 0 Å². The average Bonchev–Trinajstić information content (AvgIpc) is 2.73. The molecule has 0 radical (unpaired) electrons. The van der Waals surface area contributed by atoms with Crippen LogP contribution in [0, 0.1) is 0 Å². The number of anilines is 1. The molecule has 1 aliphatic heterocycles. The molecule has 1 amide bonds. The lowest BCUT2D eigenvalue weighted by molar-refractivity contribution is -0.116. The third-order valence-corrected chi connectivity index (χ3v) is 3.67. The van der Waals surface area contributed by atoms with Gasteiger partial charge in [0.1, 0.15) is 11.8 Å². The van der Waals surface area contributed by atoms with Gasteiger partial charge in [-0.1, -0.05) is 45.1 Å². The van der Waals surface area contributed by atoms with E-state index in [1.807, 2.05) is 18.2 Å². The molecule has 0 bridgehead atoms. The third kappa shape index (κ3) is 3.73. The zero-order valence-corrected chi connectivity index (χ0v) is 12.2. The molecule has 0 aromatic heterocycles. The molecule has 0 saturated heterocycles. The van der Waals surface area contributed by atoms with Crippen LogP contribution in [0.5, 0.6) is 5.75 Å². The highest BCUT2D eigenvalue weighted by Gasteiger charge is 2.27. The standard InChI is InChI=1S/C16H24N2O2/c1-2-3-4-5-6-7-10-20-12-8-9-13-14(11-12)18-16(19)15(13)17/h8-9,11,15H,2-7,10,17H2,1H3,(H,18,19). The second kappa shape index (κ2) is 7.29. The summed E-state index contributed by atoms with van der Waals surface area (Å²) in [5, 5.41) is 2.77. The van der Waals surface area contributed by atoms with Crippen LogP contribution in [0.2, 0.25) is 0 Å². The second-order valence-corrected chi connectivity index (χ2v) is 5.33. The molecule has 3 N–H and O–H groups in total. The highest BCUT2D eigenvalue weighted by atomic mass is 16.5. The highest BCUT2D eigenvalue weighted by Crippen LogP contribution is 2.32. The maximum atomic E-state index is 11.5. The van der Waals surface area contributed by atoms with Gasteiger partial charge in [0.15, 0.2) is 0 Å². The normalized spacial score (nSPS) is 16.9.